The molecule has 7 heteroatoms. The number of hydrogen-bond acceptors (Lipinski definition) is 7. The third kappa shape index (κ3) is 2.89. The van der Waals surface area contributed by atoms with E-state index in [0.29, 0.717) is 0 Å². The summed E-state index contributed by atoms with van der Waals surface area (Å²) in [5.74, 6) is -0.523. The molecule has 0 bridgehead atoms. The van der Waals surface area contributed by atoms with E-state index in [-0.39, 0.29) is 6.61 Å². The van der Waals surface area contributed by atoms with Crippen LogP contribution in [0.25, 0.3) is 0 Å². The van der Waals surface area contributed by atoms with Gasteiger partial charge in [-0.05, 0) is 0 Å². The van der Waals surface area contributed by atoms with Gasteiger partial charge in [0.25, 0.3) is 0 Å². The summed E-state index contributed by atoms with van der Waals surface area (Å²) in [5, 5.41) is 28.5. The fourth-order valence-corrected chi connectivity index (χ4v) is 1.45. The predicted octanol–water partition coefficient (Wildman–Crippen LogP) is -2.00. The molecule has 3 N–H and O–H groups in total. The summed E-state index contributed by atoms with van der Waals surface area (Å²) in [5.41, 5.74) is 0. The highest BCUT2D eigenvalue weighted by atomic mass is 16.7. The molecule has 1 heterocycles. The number of carbonyl (C=O) groups is 1. The summed E-state index contributed by atoms with van der Waals surface area (Å²) in [4.78, 5) is 10.6. The normalized spacial score (nSPS) is 39.4. The fraction of sp³-hybridized carbons (Fsp3) is 0.889. The van der Waals surface area contributed by atoms with Gasteiger partial charge in [-0.2, -0.15) is 0 Å². The van der Waals surface area contributed by atoms with Crippen molar-refractivity contribution in [3.63, 3.8) is 0 Å². The van der Waals surface area contributed by atoms with Crippen LogP contribution < -0.4 is 0 Å². The highest BCUT2D eigenvalue weighted by Gasteiger charge is 2.44. The Morgan fingerprint density at radius 3 is 2.38 bits per heavy atom. The first-order valence-electron chi connectivity index (χ1n) is 4.83. The molecule has 0 aromatic carbocycles. The molecule has 1 aliphatic heterocycles. The van der Waals surface area contributed by atoms with Gasteiger partial charge in [0.1, 0.15) is 31.0 Å². The van der Waals surface area contributed by atoms with Crippen LogP contribution in [0.4, 0.5) is 0 Å². The highest BCUT2D eigenvalue weighted by molar-refractivity contribution is 5.65. The molecule has 1 saturated heterocycles. The molecule has 0 aliphatic carbocycles. The molecule has 0 unspecified atom stereocenters. The Bertz CT molecular complexity index is 242. The number of carbonyl (C=O) groups excluding carboxylic acids is 1. The van der Waals surface area contributed by atoms with Crippen LogP contribution in [0.5, 0.6) is 0 Å². The molecule has 1 aliphatic rings. The van der Waals surface area contributed by atoms with E-state index in [2.05, 4.69) is 4.74 Å². The van der Waals surface area contributed by atoms with Gasteiger partial charge in [-0.1, -0.05) is 0 Å². The largest absolute Gasteiger partial charge is 0.463 e. The summed E-state index contributed by atoms with van der Waals surface area (Å²) in [6.07, 6.45) is -6.06. The van der Waals surface area contributed by atoms with Crippen molar-refractivity contribution in [2.75, 3.05) is 13.7 Å². The van der Waals surface area contributed by atoms with Gasteiger partial charge in [-0.25, -0.2) is 0 Å². The van der Waals surface area contributed by atoms with E-state index in [1.807, 2.05) is 0 Å². The van der Waals surface area contributed by atoms with Crippen molar-refractivity contribution < 1.29 is 34.3 Å². The standard InChI is InChI=1S/C9H16O7/c1-4(10)15-3-5-6(11)7(12)8(13)9(14-2)16-5/h5-9,11-13H,3H2,1-2H3/t5-,6-,7+,8-,9+/m1/s1. The Labute approximate surface area is 92.5 Å². The van der Waals surface area contributed by atoms with Crippen LogP contribution in [0.2, 0.25) is 0 Å². The molecule has 1 rings (SSSR count). The van der Waals surface area contributed by atoms with Gasteiger partial charge in [-0.3, -0.25) is 4.79 Å². The van der Waals surface area contributed by atoms with Gasteiger partial charge in [0.15, 0.2) is 6.29 Å². The second kappa shape index (κ2) is 5.55. The minimum atomic E-state index is -1.40. The zero-order valence-corrected chi connectivity index (χ0v) is 9.07. The van der Waals surface area contributed by atoms with Crippen LogP contribution in [0.15, 0.2) is 0 Å². The molecule has 0 spiro atoms. The number of aliphatic hydroxyl groups excluding tert-OH is 3. The Balaban J connectivity index is 2.60. The summed E-state index contributed by atoms with van der Waals surface area (Å²) in [6, 6.07) is 0. The molecule has 5 atom stereocenters. The van der Waals surface area contributed by atoms with Gasteiger partial charge < -0.3 is 29.5 Å². The molecular formula is C9H16O7. The highest BCUT2D eigenvalue weighted by Crippen LogP contribution is 2.21. The summed E-state index contributed by atoms with van der Waals surface area (Å²) in [7, 11) is 1.29. The minimum absolute atomic E-state index is 0.208. The molecule has 0 amide bonds. The molecule has 7 nitrogen and oxygen atoms in total. The van der Waals surface area contributed by atoms with Crippen LogP contribution in [0, 0.1) is 0 Å². The van der Waals surface area contributed by atoms with Gasteiger partial charge >= 0.3 is 5.97 Å². The smallest absolute Gasteiger partial charge is 0.302 e. The molecule has 1 fully saturated rings. The topological polar surface area (TPSA) is 105 Å². The van der Waals surface area contributed by atoms with Crippen molar-refractivity contribution in [1.29, 1.82) is 0 Å². The van der Waals surface area contributed by atoms with E-state index in [0.717, 1.165) is 0 Å². The van der Waals surface area contributed by atoms with Crippen molar-refractivity contribution >= 4 is 5.97 Å². The zero-order valence-electron chi connectivity index (χ0n) is 9.07. The van der Waals surface area contributed by atoms with Crippen molar-refractivity contribution in [2.45, 2.75) is 37.6 Å². The van der Waals surface area contributed by atoms with Crippen molar-refractivity contribution in [3.05, 3.63) is 0 Å². The van der Waals surface area contributed by atoms with Gasteiger partial charge in [0, 0.05) is 14.0 Å². The van der Waals surface area contributed by atoms with Crippen LogP contribution >= 0.6 is 0 Å². The predicted molar refractivity (Wildman–Crippen MR) is 50.3 cm³/mol. The second-order valence-electron chi connectivity index (χ2n) is 3.55. The number of hydrogen-bond donors (Lipinski definition) is 3. The first-order valence-corrected chi connectivity index (χ1v) is 4.83. The molecular weight excluding hydrogens is 220 g/mol. The first-order chi connectivity index (χ1) is 7.47. The first kappa shape index (κ1) is 13.3. The average molecular weight is 236 g/mol. The molecule has 0 saturated carbocycles. The summed E-state index contributed by atoms with van der Waals surface area (Å²) < 4.78 is 14.6. The monoisotopic (exact) mass is 236 g/mol. The molecule has 94 valence electrons. The number of rotatable bonds is 3. The van der Waals surface area contributed by atoms with Gasteiger partial charge in [0.05, 0.1) is 0 Å². The summed E-state index contributed by atoms with van der Waals surface area (Å²) >= 11 is 0. The van der Waals surface area contributed by atoms with Crippen molar-refractivity contribution in [1.82, 2.24) is 0 Å². The van der Waals surface area contributed by atoms with Gasteiger partial charge in [0.2, 0.25) is 0 Å². The lowest BCUT2D eigenvalue weighted by atomic mass is 9.99. The molecule has 16 heavy (non-hydrogen) atoms. The fourth-order valence-electron chi connectivity index (χ4n) is 1.45. The van der Waals surface area contributed by atoms with E-state index in [1.165, 1.54) is 14.0 Å². The van der Waals surface area contributed by atoms with Crippen LogP contribution in [-0.4, -0.2) is 65.7 Å². The van der Waals surface area contributed by atoms with E-state index in [1.54, 1.807) is 0 Å². The quantitative estimate of drug-likeness (QED) is 0.487. The molecule has 0 radical (unpaired) electrons. The van der Waals surface area contributed by atoms with Crippen LogP contribution in [0.3, 0.4) is 0 Å². The second-order valence-corrected chi connectivity index (χ2v) is 3.55. The lowest BCUT2D eigenvalue weighted by molar-refractivity contribution is -0.295. The number of aliphatic hydroxyl groups is 3. The van der Waals surface area contributed by atoms with E-state index >= 15 is 0 Å². The van der Waals surface area contributed by atoms with Crippen molar-refractivity contribution in [2.24, 2.45) is 0 Å². The van der Waals surface area contributed by atoms with Crippen LogP contribution in [0.1, 0.15) is 6.92 Å². The van der Waals surface area contributed by atoms with E-state index in [4.69, 9.17) is 9.47 Å². The van der Waals surface area contributed by atoms with Crippen LogP contribution in [-0.2, 0) is 19.0 Å². The third-order valence-electron chi connectivity index (χ3n) is 2.35. The Kier molecular flexibility index (Phi) is 4.63. The maximum Gasteiger partial charge on any atom is 0.302 e. The number of ether oxygens (including phenoxy) is 3. The van der Waals surface area contributed by atoms with Crippen molar-refractivity contribution in [3.8, 4) is 0 Å². The zero-order chi connectivity index (χ0) is 12.3. The Morgan fingerprint density at radius 2 is 1.88 bits per heavy atom. The lowest BCUT2D eigenvalue weighted by Crippen LogP contribution is -2.59. The maximum atomic E-state index is 10.6. The third-order valence-corrected chi connectivity index (χ3v) is 2.35. The minimum Gasteiger partial charge on any atom is -0.463 e. The SMILES string of the molecule is CO[C@H]1O[C@H](COC(C)=O)[C@@H](O)[C@H](O)[C@H]1O. The molecule has 0 aromatic rings. The van der Waals surface area contributed by atoms with E-state index < -0.39 is 36.7 Å². The Hall–Kier alpha value is -0.730. The maximum absolute atomic E-state index is 10.6. The molecule has 0 aromatic heterocycles. The Morgan fingerprint density at radius 1 is 1.25 bits per heavy atom. The lowest BCUT2D eigenvalue weighted by Gasteiger charge is -2.39. The summed E-state index contributed by atoms with van der Waals surface area (Å²) in [6.45, 7) is 1.01. The number of esters is 1. The average Bonchev–Trinajstić information content (AvgIpc) is 2.25. The van der Waals surface area contributed by atoms with Gasteiger partial charge in [-0.15, -0.1) is 0 Å². The van der Waals surface area contributed by atoms with E-state index in [9.17, 15) is 20.1 Å². The number of methoxy groups -OCH3 is 1.